The summed E-state index contributed by atoms with van der Waals surface area (Å²) in [7, 11) is -4.12. The molecule has 0 radical (unpaired) electrons. The lowest BCUT2D eigenvalue weighted by molar-refractivity contribution is -0.157. The van der Waals surface area contributed by atoms with Gasteiger partial charge in [-0.15, -0.1) is 5.06 Å². The van der Waals surface area contributed by atoms with Gasteiger partial charge < -0.3 is 9.57 Å². The molecule has 234 valence electrons. The highest BCUT2D eigenvalue weighted by Crippen LogP contribution is 2.43. The van der Waals surface area contributed by atoms with Crippen molar-refractivity contribution < 1.29 is 37.2 Å². The maximum atomic E-state index is 14.1. The number of hydrogen-bond acceptors (Lipinski definition) is 8. The van der Waals surface area contributed by atoms with E-state index in [1.165, 1.54) is 49.4 Å². The highest BCUT2D eigenvalue weighted by molar-refractivity contribution is 7.92. The standard InChI is InChI=1S/C35H30N2O8S/c1-22(38)23-15-18-27(19-16-23)46(42,43)36-26-17-20-28-29(21-26)37(45-34(41)35(2,3)4)32(39)30(28)31(24-11-7-5-8-12-24)44-33(40)25-13-9-6-10-14-25/h5-21,36H,1-4H3/b31-30-. The number of ether oxygens (including phenoxy) is 1. The molecule has 1 N–H and O–H groups in total. The molecule has 1 aliphatic rings. The number of hydroxylamine groups is 1. The minimum Gasteiger partial charge on any atom is -0.421 e. The summed E-state index contributed by atoms with van der Waals surface area (Å²) < 4.78 is 34.8. The molecule has 0 saturated heterocycles. The van der Waals surface area contributed by atoms with E-state index in [1.54, 1.807) is 81.4 Å². The maximum absolute atomic E-state index is 14.1. The van der Waals surface area contributed by atoms with Gasteiger partial charge >= 0.3 is 11.9 Å². The van der Waals surface area contributed by atoms with E-state index in [4.69, 9.17) is 9.57 Å². The van der Waals surface area contributed by atoms with Crippen molar-refractivity contribution in [2.75, 3.05) is 9.79 Å². The smallest absolute Gasteiger partial charge is 0.343 e. The molecule has 0 aliphatic carbocycles. The minimum absolute atomic E-state index is 0.0499. The topological polar surface area (TPSA) is 136 Å². The van der Waals surface area contributed by atoms with Crippen molar-refractivity contribution in [3.8, 4) is 0 Å². The lowest BCUT2D eigenvalue weighted by Gasteiger charge is -2.22. The Balaban J connectivity index is 1.63. The van der Waals surface area contributed by atoms with Crippen molar-refractivity contribution in [3.05, 3.63) is 125 Å². The molecule has 0 unspecified atom stereocenters. The predicted molar refractivity (Wildman–Crippen MR) is 172 cm³/mol. The van der Waals surface area contributed by atoms with Crippen LogP contribution in [-0.2, 0) is 29.2 Å². The second-order valence-electron chi connectivity index (χ2n) is 11.5. The average molecular weight is 639 g/mol. The summed E-state index contributed by atoms with van der Waals surface area (Å²) in [6.07, 6.45) is 0. The molecule has 1 aliphatic heterocycles. The van der Waals surface area contributed by atoms with E-state index in [2.05, 4.69) is 4.72 Å². The number of anilines is 2. The summed E-state index contributed by atoms with van der Waals surface area (Å²) in [5, 5.41) is 0.775. The van der Waals surface area contributed by atoms with E-state index in [-0.39, 0.29) is 44.5 Å². The van der Waals surface area contributed by atoms with Crippen LogP contribution in [0.2, 0.25) is 0 Å². The van der Waals surface area contributed by atoms with Gasteiger partial charge in [-0.3, -0.25) is 14.3 Å². The first-order valence-corrected chi connectivity index (χ1v) is 15.7. The van der Waals surface area contributed by atoms with Gasteiger partial charge in [-0.25, -0.2) is 18.0 Å². The number of carbonyl (C=O) groups is 4. The second kappa shape index (κ2) is 12.4. The van der Waals surface area contributed by atoms with E-state index in [0.717, 1.165) is 5.06 Å². The third kappa shape index (κ3) is 6.59. The molecular weight excluding hydrogens is 608 g/mol. The van der Waals surface area contributed by atoms with Crippen LogP contribution in [0.4, 0.5) is 11.4 Å². The van der Waals surface area contributed by atoms with Crippen molar-refractivity contribution in [1.82, 2.24) is 0 Å². The highest BCUT2D eigenvalue weighted by Gasteiger charge is 2.41. The molecule has 0 aromatic heterocycles. The van der Waals surface area contributed by atoms with Gasteiger partial charge in [0.2, 0.25) is 0 Å². The van der Waals surface area contributed by atoms with Crippen molar-refractivity contribution >= 4 is 56.4 Å². The molecule has 11 heteroatoms. The quantitative estimate of drug-likeness (QED) is 0.103. The molecular formula is C35H30N2O8S. The number of benzene rings is 4. The number of carbonyl (C=O) groups excluding carboxylic acids is 4. The van der Waals surface area contributed by atoms with Gasteiger partial charge in [0.05, 0.1) is 32.8 Å². The molecule has 4 aromatic rings. The van der Waals surface area contributed by atoms with Gasteiger partial charge in [0.1, 0.15) is 0 Å². The first kappa shape index (κ1) is 31.9. The van der Waals surface area contributed by atoms with Crippen LogP contribution in [0, 0.1) is 5.41 Å². The Morgan fingerprint density at radius 2 is 1.35 bits per heavy atom. The number of fused-ring (bicyclic) bond motifs is 1. The lowest BCUT2D eigenvalue weighted by Crippen LogP contribution is -2.35. The van der Waals surface area contributed by atoms with Crippen molar-refractivity contribution in [3.63, 3.8) is 0 Å². The zero-order valence-electron chi connectivity index (χ0n) is 25.4. The zero-order chi connectivity index (χ0) is 33.2. The summed E-state index contributed by atoms with van der Waals surface area (Å²) in [6, 6.07) is 26.5. The highest BCUT2D eigenvalue weighted by atomic mass is 32.2. The fourth-order valence-corrected chi connectivity index (χ4v) is 5.53. The number of nitrogens with zero attached hydrogens (tertiary/aromatic N) is 1. The van der Waals surface area contributed by atoms with Crippen LogP contribution in [-0.4, -0.2) is 32.0 Å². The molecule has 0 bridgehead atoms. The van der Waals surface area contributed by atoms with Gasteiger partial charge in [0.15, 0.2) is 11.5 Å². The molecule has 0 atom stereocenters. The molecule has 1 heterocycles. The first-order chi connectivity index (χ1) is 21.8. The van der Waals surface area contributed by atoms with Gasteiger partial charge in [0, 0.05) is 16.7 Å². The molecule has 4 aromatic carbocycles. The number of esters is 1. The van der Waals surface area contributed by atoms with Crippen LogP contribution in [0.15, 0.2) is 108 Å². The Bertz CT molecular complexity index is 1980. The number of Topliss-reactive ketones (excluding diaryl/α,β-unsaturated/α-hetero) is 1. The Kier molecular flexibility index (Phi) is 8.62. The van der Waals surface area contributed by atoms with Crippen LogP contribution in [0.5, 0.6) is 0 Å². The summed E-state index contributed by atoms with van der Waals surface area (Å²) >= 11 is 0. The number of hydrogen-bond donors (Lipinski definition) is 1. The van der Waals surface area contributed by atoms with Gasteiger partial charge in [-0.1, -0.05) is 60.7 Å². The monoisotopic (exact) mass is 638 g/mol. The number of ketones is 1. The largest absolute Gasteiger partial charge is 0.421 e. The molecule has 10 nitrogen and oxygen atoms in total. The van der Waals surface area contributed by atoms with E-state index < -0.39 is 33.3 Å². The Morgan fingerprint density at radius 1 is 0.761 bits per heavy atom. The minimum atomic E-state index is -4.12. The zero-order valence-corrected chi connectivity index (χ0v) is 26.3. The van der Waals surface area contributed by atoms with Crippen molar-refractivity contribution in [2.24, 2.45) is 5.41 Å². The molecule has 46 heavy (non-hydrogen) atoms. The normalized spacial score (nSPS) is 13.9. The van der Waals surface area contributed by atoms with E-state index in [9.17, 15) is 27.6 Å². The maximum Gasteiger partial charge on any atom is 0.343 e. The predicted octanol–water partition coefficient (Wildman–Crippen LogP) is 6.27. The number of rotatable bonds is 8. The van der Waals surface area contributed by atoms with Gasteiger partial charge in [0.25, 0.3) is 15.9 Å². The Morgan fingerprint density at radius 3 is 1.91 bits per heavy atom. The SMILES string of the molecule is CC(=O)c1ccc(S(=O)(=O)Nc2ccc3c(c2)N(OC(=O)C(C)(C)C)C(=O)/C3=C(\OC(=O)c2ccccc2)c2ccccc2)cc1. The van der Waals surface area contributed by atoms with Gasteiger partial charge in [-0.2, -0.15) is 0 Å². The number of nitrogens with one attached hydrogen (secondary N) is 1. The van der Waals surface area contributed by atoms with Crippen molar-refractivity contribution in [1.29, 1.82) is 0 Å². The fraction of sp³-hybridized carbons (Fsp3) is 0.143. The molecule has 0 saturated carbocycles. The number of amides is 1. The Hall–Kier alpha value is -5.55. The third-order valence-electron chi connectivity index (χ3n) is 6.96. The van der Waals surface area contributed by atoms with Crippen LogP contribution in [0.3, 0.4) is 0 Å². The second-order valence-corrected chi connectivity index (χ2v) is 13.2. The lowest BCUT2D eigenvalue weighted by atomic mass is 9.98. The first-order valence-electron chi connectivity index (χ1n) is 14.2. The van der Waals surface area contributed by atoms with Gasteiger partial charge in [-0.05, 0) is 70.2 Å². The fourth-order valence-electron chi connectivity index (χ4n) is 4.48. The third-order valence-corrected chi connectivity index (χ3v) is 8.36. The molecule has 1 amide bonds. The van der Waals surface area contributed by atoms with Crippen LogP contribution in [0.25, 0.3) is 11.3 Å². The summed E-state index contributed by atoms with van der Waals surface area (Å²) in [5.41, 5.74) is 0.287. The van der Waals surface area contributed by atoms with E-state index in [0.29, 0.717) is 11.1 Å². The average Bonchev–Trinajstić information content (AvgIpc) is 3.29. The van der Waals surface area contributed by atoms with Crippen LogP contribution < -0.4 is 9.79 Å². The van der Waals surface area contributed by atoms with Crippen molar-refractivity contribution in [2.45, 2.75) is 32.6 Å². The van der Waals surface area contributed by atoms with E-state index >= 15 is 0 Å². The molecule has 0 spiro atoms. The summed E-state index contributed by atoms with van der Waals surface area (Å²) in [6.45, 7) is 6.23. The number of sulfonamides is 1. The summed E-state index contributed by atoms with van der Waals surface area (Å²) in [4.78, 5) is 57.5. The van der Waals surface area contributed by atoms with Crippen LogP contribution >= 0.6 is 0 Å². The molecule has 5 rings (SSSR count). The van der Waals surface area contributed by atoms with E-state index in [1.807, 2.05) is 0 Å². The summed E-state index contributed by atoms with van der Waals surface area (Å²) in [5.74, 6) is -2.53. The molecule has 0 fully saturated rings. The Labute approximate surface area is 266 Å². The van der Waals surface area contributed by atoms with Crippen LogP contribution in [0.1, 0.15) is 59.5 Å².